The van der Waals surface area contributed by atoms with Crippen molar-refractivity contribution in [2.45, 2.75) is 19.3 Å². The summed E-state index contributed by atoms with van der Waals surface area (Å²) in [6.45, 7) is -2.51. The summed E-state index contributed by atoms with van der Waals surface area (Å²) in [5.41, 5.74) is 6.10. The minimum atomic E-state index is -2.85. The second-order valence-electron chi connectivity index (χ2n) is 3.70. The number of hydrogen-bond acceptors (Lipinski definition) is 4. The molecule has 1 atom stereocenters. The number of nitrogens with two attached hydrogens (primary N) is 1. The molecule has 1 unspecified atom stereocenters. The Morgan fingerprint density at radius 2 is 2.00 bits per heavy atom. The number of benzene rings is 1. The number of rotatable bonds is 7. The summed E-state index contributed by atoms with van der Waals surface area (Å²) in [7, 11) is 1.40. The molecule has 1 amide bonds. The van der Waals surface area contributed by atoms with Gasteiger partial charge in [0.25, 0.3) is 5.91 Å². The molecule has 0 aromatic heterocycles. The SMILES string of the molecule is COC(CN)C(=O)NCc1ccc(OC(F)F)cc1. The number of alkyl halides is 2. The summed E-state index contributed by atoms with van der Waals surface area (Å²) in [4.78, 5) is 11.6. The summed E-state index contributed by atoms with van der Waals surface area (Å²) < 4.78 is 33.0. The summed E-state index contributed by atoms with van der Waals surface area (Å²) in [6.07, 6.45) is -0.693. The average Bonchev–Trinajstić information content (AvgIpc) is 2.38. The van der Waals surface area contributed by atoms with Crippen LogP contribution in [0.4, 0.5) is 8.78 Å². The van der Waals surface area contributed by atoms with Gasteiger partial charge in [0.2, 0.25) is 0 Å². The lowest BCUT2D eigenvalue weighted by Crippen LogP contribution is -2.40. The normalized spacial score (nSPS) is 12.3. The van der Waals surface area contributed by atoms with Gasteiger partial charge in [-0.25, -0.2) is 0 Å². The molecule has 1 aromatic rings. The first-order chi connectivity index (χ1) is 9.06. The highest BCUT2D eigenvalue weighted by atomic mass is 19.3. The van der Waals surface area contributed by atoms with Crippen molar-refractivity contribution in [2.75, 3.05) is 13.7 Å². The first kappa shape index (κ1) is 15.3. The summed E-state index contributed by atoms with van der Waals surface area (Å²) in [5.74, 6) is -0.250. The first-order valence-corrected chi connectivity index (χ1v) is 5.61. The molecule has 0 bridgehead atoms. The first-order valence-electron chi connectivity index (χ1n) is 5.61. The Morgan fingerprint density at radius 3 is 2.47 bits per heavy atom. The van der Waals surface area contributed by atoms with Gasteiger partial charge in [-0.3, -0.25) is 4.79 Å². The largest absolute Gasteiger partial charge is 0.435 e. The number of carbonyl (C=O) groups excluding carboxylic acids is 1. The molecule has 0 saturated heterocycles. The molecular formula is C12H16F2N2O3. The number of amides is 1. The number of halogens is 2. The van der Waals surface area contributed by atoms with Gasteiger partial charge in [0, 0.05) is 20.2 Å². The van der Waals surface area contributed by atoms with Gasteiger partial charge in [-0.15, -0.1) is 0 Å². The molecule has 0 heterocycles. The smallest absolute Gasteiger partial charge is 0.387 e. The van der Waals surface area contributed by atoms with E-state index in [2.05, 4.69) is 10.1 Å². The van der Waals surface area contributed by atoms with E-state index in [4.69, 9.17) is 10.5 Å². The van der Waals surface area contributed by atoms with E-state index in [1.807, 2.05) is 0 Å². The average molecular weight is 274 g/mol. The van der Waals surface area contributed by atoms with E-state index in [-0.39, 0.29) is 24.7 Å². The summed E-state index contributed by atoms with van der Waals surface area (Å²) >= 11 is 0. The van der Waals surface area contributed by atoms with Crippen LogP contribution in [0.5, 0.6) is 5.75 Å². The van der Waals surface area contributed by atoms with Crippen molar-refractivity contribution < 1.29 is 23.0 Å². The lowest BCUT2D eigenvalue weighted by Gasteiger charge is -2.13. The van der Waals surface area contributed by atoms with Crippen LogP contribution in [0.1, 0.15) is 5.56 Å². The highest BCUT2D eigenvalue weighted by Crippen LogP contribution is 2.14. The number of ether oxygens (including phenoxy) is 2. The topological polar surface area (TPSA) is 73.6 Å². The van der Waals surface area contributed by atoms with E-state index in [9.17, 15) is 13.6 Å². The van der Waals surface area contributed by atoms with Gasteiger partial charge < -0.3 is 20.5 Å². The zero-order valence-electron chi connectivity index (χ0n) is 10.4. The van der Waals surface area contributed by atoms with Crippen molar-refractivity contribution in [1.29, 1.82) is 0 Å². The highest BCUT2D eigenvalue weighted by molar-refractivity contribution is 5.80. The number of nitrogens with one attached hydrogen (secondary N) is 1. The molecule has 1 aromatic carbocycles. The third-order valence-electron chi connectivity index (χ3n) is 2.41. The Kier molecular flexibility index (Phi) is 6.17. The van der Waals surface area contributed by atoms with Crippen molar-refractivity contribution >= 4 is 5.91 Å². The highest BCUT2D eigenvalue weighted by Gasteiger charge is 2.14. The third kappa shape index (κ3) is 5.19. The minimum absolute atomic E-state index is 0.0711. The maximum atomic E-state index is 11.9. The molecule has 19 heavy (non-hydrogen) atoms. The van der Waals surface area contributed by atoms with Crippen LogP contribution in [0.2, 0.25) is 0 Å². The lowest BCUT2D eigenvalue weighted by molar-refractivity contribution is -0.130. The van der Waals surface area contributed by atoms with Crippen molar-refractivity contribution in [3.05, 3.63) is 29.8 Å². The van der Waals surface area contributed by atoms with Crippen LogP contribution >= 0.6 is 0 Å². The Hall–Kier alpha value is -1.73. The van der Waals surface area contributed by atoms with Crippen molar-refractivity contribution in [3.8, 4) is 5.75 Å². The van der Waals surface area contributed by atoms with Crippen LogP contribution in [-0.4, -0.2) is 32.3 Å². The molecule has 0 radical (unpaired) electrons. The summed E-state index contributed by atoms with van der Waals surface area (Å²) in [6, 6.07) is 5.99. The van der Waals surface area contributed by atoms with E-state index in [0.29, 0.717) is 0 Å². The number of methoxy groups -OCH3 is 1. The minimum Gasteiger partial charge on any atom is -0.435 e. The van der Waals surface area contributed by atoms with Gasteiger partial charge in [0.15, 0.2) is 0 Å². The third-order valence-corrected chi connectivity index (χ3v) is 2.41. The monoisotopic (exact) mass is 274 g/mol. The predicted octanol–water partition coefficient (Wildman–Crippen LogP) is 0.878. The van der Waals surface area contributed by atoms with E-state index in [1.165, 1.54) is 19.2 Å². The molecule has 3 N–H and O–H groups in total. The van der Waals surface area contributed by atoms with Crippen LogP contribution < -0.4 is 15.8 Å². The molecule has 0 fully saturated rings. The second-order valence-corrected chi connectivity index (χ2v) is 3.70. The van der Waals surface area contributed by atoms with E-state index >= 15 is 0 Å². The van der Waals surface area contributed by atoms with Gasteiger partial charge in [-0.05, 0) is 17.7 Å². The number of carbonyl (C=O) groups is 1. The van der Waals surface area contributed by atoms with Crippen LogP contribution in [0, 0.1) is 0 Å². The lowest BCUT2D eigenvalue weighted by atomic mass is 10.2. The van der Waals surface area contributed by atoms with E-state index in [1.54, 1.807) is 12.1 Å². The van der Waals surface area contributed by atoms with E-state index < -0.39 is 12.7 Å². The number of hydrogen-bond donors (Lipinski definition) is 2. The summed E-state index contributed by atoms with van der Waals surface area (Å²) in [5, 5.41) is 2.63. The van der Waals surface area contributed by atoms with E-state index in [0.717, 1.165) is 5.56 Å². The molecule has 0 aliphatic rings. The van der Waals surface area contributed by atoms with Crippen molar-refractivity contribution in [3.63, 3.8) is 0 Å². The molecule has 5 nitrogen and oxygen atoms in total. The molecule has 7 heteroatoms. The predicted molar refractivity (Wildman–Crippen MR) is 64.8 cm³/mol. The quantitative estimate of drug-likeness (QED) is 0.774. The van der Waals surface area contributed by atoms with Gasteiger partial charge in [-0.1, -0.05) is 12.1 Å². The molecule has 1 rings (SSSR count). The Labute approximate surface area is 109 Å². The fraction of sp³-hybridized carbons (Fsp3) is 0.417. The molecule has 106 valence electrons. The molecule has 0 saturated carbocycles. The molecule has 0 aliphatic heterocycles. The van der Waals surface area contributed by atoms with Gasteiger partial charge in [-0.2, -0.15) is 8.78 Å². The Balaban J connectivity index is 2.47. The second kappa shape index (κ2) is 7.65. The van der Waals surface area contributed by atoms with Crippen molar-refractivity contribution in [1.82, 2.24) is 5.32 Å². The Morgan fingerprint density at radius 1 is 1.37 bits per heavy atom. The Bertz CT molecular complexity index is 394. The molecule has 0 spiro atoms. The van der Waals surface area contributed by atoms with Crippen LogP contribution in [0.15, 0.2) is 24.3 Å². The van der Waals surface area contributed by atoms with Gasteiger partial charge >= 0.3 is 6.61 Å². The van der Waals surface area contributed by atoms with Gasteiger partial charge in [0.1, 0.15) is 11.9 Å². The zero-order valence-corrected chi connectivity index (χ0v) is 10.4. The zero-order chi connectivity index (χ0) is 14.3. The molecular weight excluding hydrogens is 258 g/mol. The fourth-order valence-electron chi connectivity index (χ4n) is 1.40. The maximum Gasteiger partial charge on any atom is 0.387 e. The maximum absolute atomic E-state index is 11.9. The van der Waals surface area contributed by atoms with Crippen LogP contribution in [0.3, 0.4) is 0 Å². The standard InChI is InChI=1S/C12H16F2N2O3/c1-18-10(6-15)11(17)16-7-8-2-4-9(5-3-8)19-12(13)14/h2-5,10,12H,6-7,15H2,1H3,(H,16,17). The van der Waals surface area contributed by atoms with Crippen molar-refractivity contribution in [2.24, 2.45) is 5.73 Å². The van der Waals surface area contributed by atoms with Crippen LogP contribution in [0.25, 0.3) is 0 Å². The van der Waals surface area contributed by atoms with Gasteiger partial charge in [0.05, 0.1) is 0 Å². The molecule has 0 aliphatic carbocycles. The van der Waals surface area contributed by atoms with Crippen LogP contribution in [-0.2, 0) is 16.1 Å². The fourth-order valence-corrected chi connectivity index (χ4v) is 1.40.